The predicted molar refractivity (Wildman–Crippen MR) is 98.8 cm³/mol. The van der Waals surface area contributed by atoms with Crippen LogP contribution in [0.3, 0.4) is 0 Å². The maximum Gasteiger partial charge on any atom is 0.342 e. The number of methoxy groups -OCH3 is 1. The summed E-state index contributed by atoms with van der Waals surface area (Å²) in [5.74, 6) is -0.252. The second-order valence-electron chi connectivity index (χ2n) is 6.92. The molecular weight excluding hydrogens is 372 g/mol. The molecule has 0 aromatic heterocycles. The molecule has 27 heavy (non-hydrogen) atoms. The van der Waals surface area contributed by atoms with Crippen molar-refractivity contribution in [2.24, 2.45) is 17.0 Å². The van der Waals surface area contributed by atoms with Gasteiger partial charge in [-0.1, -0.05) is 26.7 Å². The first kappa shape index (κ1) is 21.2. The van der Waals surface area contributed by atoms with E-state index in [0.717, 1.165) is 25.3 Å². The first-order valence-electron chi connectivity index (χ1n) is 8.80. The molecule has 8 nitrogen and oxygen atoms in total. The fourth-order valence-electron chi connectivity index (χ4n) is 3.27. The van der Waals surface area contributed by atoms with E-state index in [2.05, 4.69) is 19.2 Å². The average molecular weight is 398 g/mol. The van der Waals surface area contributed by atoms with Gasteiger partial charge in [0.05, 0.1) is 12.0 Å². The summed E-state index contributed by atoms with van der Waals surface area (Å²) < 4.78 is 33.0. The van der Waals surface area contributed by atoms with Gasteiger partial charge in [-0.2, -0.15) is 0 Å². The summed E-state index contributed by atoms with van der Waals surface area (Å²) >= 11 is 0. The van der Waals surface area contributed by atoms with Crippen LogP contribution in [-0.2, 0) is 19.6 Å². The summed E-state index contributed by atoms with van der Waals surface area (Å²) in [4.78, 5) is 24.2. The summed E-state index contributed by atoms with van der Waals surface area (Å²) in [5, 5.41) is 7.99. The number of primary sulfonamides is 1. The lowest BCUT2D eigenvalue weighted by Gasteiger charge is -2.34. The van der Waals surface area contributed by atoms with Crippen LogP contribution in [0.5, 0.6) is 5.75 Å². The van der Waals surface area contributed by atoms with Crippen LogP contribution < -0.4 is 15.2 Å². The summed E-state index contributed by atoms with van der Waals surface area (Å²) in [6.45, 7) is 3.80. The maximum absolute atomic E-state index is 12.3. The fraction of sp³-hybridized carbons (Fsp3) is 0.556. The molecule has 150 valence electrons. The topological polar surface area (TPSA) is 125 Å². The van der Waals surface area contributed by atoms with E-state index >= 15 is 0 Å². The third kappa shape index (κ3) is 5.43. The van der Waals surface area contributed by atoms with E-state index < -0.39 is 28.5 Å². The molecule has 3 N–H and O–H groups in total. The number of amides is 1. The second-order valence-corrected chi connectivity index (χ2v) is 8.49. The molecule has 0 unspecified atom stereocenters. The summed E-state index contributed by atoms with van der Waals surface area (Å²) in [7, 11) is -2.65. The largest absolute Gasteiger partial charge is 0.496 e. The zero-order valence-corrected chi connectivity index (χ0v) is 16.5. The fourth-order valence-corrected chi connectivity index (χ4v) is 3.81. The monoisotopic (exact) mass is 398 g/mol. The molecule has 0 bridgehead atoms. The van der Waals surface area contributed by atoms with Crippen molar-refractivity contribution in [1.29, 1.82) is 0 Å². The molecule has 0 saturated heterocycles. The third-order valence-electron chi connectivity index (χ3n) is 5.11. The normalized spacial score (nSPS) is 22.7. The van der Waals surface area contributed by atoms with Crippen LogP contribution in [0.15, 0.2) is 23.1 Å². The van der Waals surface area contributed by atoms with E-state index in [1.165, 1.54) is 19.2 Å². The molecule has 1 amide bonds. The van der Waals surface area contributed by atoms with Crippen molar-refractivity contribution in [3.8, 4) is 5.75 Å². The van der Waals surface area contributed by atoms with Crippen LogP contribution in [0.2, 0.25) is 0 Å². The molecule has 0 radical (unpaired) electrons. The zero-order valence-electron chi connectivity index (χ0n) is 15.7. The van der Waals surface area contributed by atoms with Gasteiger partial charge in [0, 0.05) is 6.04 Å². The Kier molecular flexibility index (Phi) is 6.83. The minimum Gasteiger partial charge on any atom is -0.496 e. The van der Waals surface area contributed by atoms with Crippen molar-refractivity contribution < 1.29 is 27.5 Å². The number of benzene rings is 1. The van der Waals surface area contributed by atoms with Crippen molar-refractivity contribution in [3.05, 3.63) is 23.8 Å². The van der Waals surface area contributed by atoms with Crippen molar-refractivity contribution in [3.63, 3.8) is 0 Å². The molecule has 1 aromatic carbocycles. The Bertz CT molecular complexity index is 808. The molecule has 3 atom stereocenters. The molecule has 0 heterocycles. The highest BCUT2D eigenvalue weighted by molar-refractivity contribution is 7.89. The molecule has 1 aliphatic rings. The molecule has 1 aliphatic carbocycles. The minimum absolute atomic E-state index is 0.0557. The number of nitrogens with two attached hydrogens (primary N) is 1. The summed E-state index contributed by atoms with van der Waals surface area (Å²) in [6, 6.07) is 3.66. The van der Waals surface area contributed by atoms with Gasteiger partial charge >= 0.3 is 5.97 Å². The third-order valence-corrected chi connectivity index (χ3v) is 6.02. The Balaban J connectivity index is 2.01. The number of hydrogen-bond acceptors (Lipinski definition) is 6. The summed E-state index contributed by atoms with van der Waals surface area (Å²) in [6.07, 6.45) is 3.09. The second kappa shape index (κ2) is 8.71. The molecule has 1 saturated carbocycles. The predicted octanol–water partition coefficient (Wildman–Crippen LogP) is 1.44. The molecule has 1 fully saturated rings. The smallest absolute Gasteiger partial charge is 0.342 e. The van der Waals surface area contributed by atoms with Crippen molar-refractivity contribution in [1.82, 2.24) is 5.32 Å². The first-order valence-corrected chi connectivity index (χ1v) is 10.4. The number of sulfonamides is 1. The highest BCUT2D eigenvalue weighted by atomic mass is 32.2. The molecule has 0 aliphatic heterocycles. The van der Waals surface area contributed by atoms with E-state index in [-0.39, 0.29) is 22.3 Å². The van der Waals surface area contributed by atoms with Crippen LogP contribution in [0, 0.1) is 11.8 Å². The maximum atomic E-state index is 12.3. The lowest BCUT2D eigenvalue weighted by Crippen LogP contribution is -2.45. The first-order chi connectivity index (χ1) is 12.6. The molecular formula is C18H26N2O6S. The van der Waals surface area contributed by atoms with E-state index in [9.17, 15) is 18.0 Å². The van der Waals surface area contributed by atoms with Crippen LogP contribution in [0.4, 0.5) is 0 Å². The van der Waals surface area contributed by atoms with Crippen LogP contribution in [0.25, 0.3) is 0 Å². The lowest BCUT2D eigenvalue weighted by atomic mass is 9.78. The van der Waals surface area contributed by atoms with Crippen LogP contribution in [-0.4, -0.2) is 40.1 Å². The molecule has 0 spiro atoms. The van der Waals surface area contributed by atoms with Gasteiger partial charge in [-0.25, -0.2) is 18.4 Å². The Morgan fingerprint density at radius 1 is 1.26 bits per heavy atom. The minimum atomic E-state index is -3.99. The molecule has 9 heteroatoms. The highest BCUT2D eigenvalue weighted by Crippen LogP contribution is 2.29. The van der Waals surface area contributed by atoms with Crippen LogP contribution in [0.1, 0.15) is 43.5 Å². The summed E-state index contributed by atoms with van der Waals surface area (Å²) in [5.41, 5.74) is -0.114. The van der Waals surface area contributed by atoms with Crippen molar-refractivity contribution in [2.45, 2.75) is 44.0 Å². The Morgan fingerprint density at radius 3 is 2.59 bits per heavy atom. The Morgan fingerprint density at radius 2 is 1.96 bits per heavy atom. The van der Waals surface area contributed by atoms with Gasteiger partial charge < -0.3 is 14.8 Å². The van der Waals surface area contributed by atoms with Crippen molar-refractivity contribution >= 4 is 21.9 Å². The SMILES string of the molecule is COc1ccc(S(N)(=O)=O)cc1C(=O)OCC(=O)N[C@@H]1CCC[C@H](C)[C@H]1C. The Labute approximate surface area is 159 Å². The van der Waals surface area contributed by atoms with E-state index in [4.69, 9.17) is 14.6 Å². The quantitative estimate of drug-likeness (QED) is 0.699. The zero-order chi connectivity index (χ0) is 20.2. The van der Waals surface area contributed by atoms with Crippen LogP contribution >= 0.6 is 0 Å². The van der Waals surface area contributed by atoms with Gasteiger partial charge in [-0.05, 0) is 36.5 Å². The molecule has 1 aromatic rings. The lowest BCUT2D eigenvalue weighted by molar-refractivity contribution is -0.125. The number of nitrogens with one attached hydrogen (secondary N) is 1. The van der Waals surface area contributed by atoms with E-state index in [1.54, 1.807) is 0 Å². The van der Waals surface area contributed by atoms with Gasteiger partial charge in [0.15, 0.2) is 6.61 Å². The number of rotatable bonds is 6. The van der Waals surface area contributed by atoms with Crippen molar-refractivity contribution in [2.75, 3.05) is 13.7 Å². The highest BCUT2D eigenvalue weighted by Gasteiger charge is 2.28. The Hall–Kier alpha value is -2.13. The van der Waals surface area contributed by atoms with Gasteiger partial charge in [0.25, 0.3) is 5.91 Å². The van der Waals surface area contributed by atoms with Gasteiger partial charge in [0.1, 0.15) is 11.3 Å². The number of hydrogen-bond donors (Lipinski definition) is 2. The van der Waals surface area contributed by atoms with E-state index in [1.807, 2.05) is 0 Å². The number of carbonyl (C=O) groups is 2. The van der Waals surface area contributed by atoms with Gasteiger partial charge in [0.2, 0.25) is 10.0 Å². The molecule has 2 rings (SSSR count). The van der Waals surface area contributed by atoms with Gasteiger partial charge in [-0.15, -0.1) is 0 Å². The van der Waals surface area contributed by atoms with E-state index in [0.29, 0.717) is 11.8 Å². The van der Waals surface area contributed by atoms with Gasteiger partial charge in [-0.3, -0.25) is 4.79 Å². The average Bonchev–Trinajstić information content (AvgIpc) is 2.62. The number of esters is 1. The number of carbonyl (C=O) groups excluding carboxylic acids is 2. The number of ether oxygens (including phenoxy) is 2. The standard InChI is InChI=1S/C18H26N2O6S/c1-11-5-4-6-15(12(11)2)20-17(21)10-26-18(22)14-9-13(27(19,23)24)7-8-16(14)25-3/h7-9,11-12,15H,4-6,10H2,1-3H3,(H,20,21)(H2,19,23,24)/t11-,12+,15+/m0/s1.